The van der Waals surface area contributed by atoms with E-state index in [2.05, 4.69) is 39.0 Å². The summed E-state index contributed by atoms with van der Waals surface area (Å²) in [6.45, 7) is 2.48. The van der Waals surface area contributed by atoms with Crippen molar-refractivity contribution in [2.45, 2.75) is 45.0 Å². The lowest BCUT2D eigenvalue weighted by Crippen LogP contribution is -2.31. The van der Waals surface area contributed by atoms with Gasteiger partial charge in [0.2, 0.25) is 0 Å². The van der Waals surface area contributed by atoms with Crippen LogP contribution in [0.2, 0.25) is 5.02 Å². The van der Waals surface area contributed by atoms with Gasteiger partial charge in [-0.1, -0.05) is 11.6 Å². The fourth-order valence-corrected chi connectivity index (χ4v) is 4.98. The number of phenols is 1. The number of nitrogens with zero attached hydrogens (tertiary/aromatic N) is 3. The summed E-state index contributed by atoms with van der Waals surface area (Å²) < 4.78 is 42.4. The molecule has 1 fully saturated rings. The number of benzene rings is 1. The summed E-state index contributed by atoms with van der Waals surface area (Å²) in [6, 6.07) is 5.72. The molecule has 198 valence electrons. The van der Waals surface area contributed by atoms with Crippen LogP contribution in [0.5, 0.6) is 11.5 Å². The molecule has 37 heavy (non-hydrogen) atoms. The molecule has 2 aromatic heterocycles. The third-order valence-electron chi connectivity index (χ3n) is 6.46. The average molecular weight is 537 g/mol. The first-order valence-corrected chi connectivity index (χ1v) is 12.3. The highest BCUT2D eigenvalue weighted by molar-refractivity contribution is 6.32. The van der Waals surface area contributed by atoms with Crippen molar-refractivity contribution in [1.82, 2.24) is 14.9 Å². The van der Waals surface area contributed by atoms with Gasteiger partial charge in [-0.2, -0.15) is 0 Å². The number of fused-ring (bicyclic) bond motifs is 1. The van der Waals surface area contributed by atoms with E-state index in [9.17, 15) is 23.1 Å². The minimum Gasteiger partial charge on any atom is -0.503 e. The fourth-order valence-electron chi connectivity index (χ4n) is 4.77. The SMILES string of the molecule is CC(=O)c1cnc2ccc(-c3cc(Cl)c(O)c(OC(F)(F)F)c3)nc2c1N[C@H]1CC[C@H](CN(C)C)CC1. The number of alkyl halides is 3. The maximum absolute atomic E-state index is 12.8. The number of nitrogens with one attached hydrogen (secondary N) is 1. The van der Waals surface area contributed by atoms with Gasteiger partial charge in [0, 0.05) is 24.3 Å². The molecular weight excluding hydrogens is 509 g/mol. The van der Waals surface area contributed by atoms with Crippen LogP contribution in [0.15, 0.2) is 30.5 Å². The number of ether oxygens (including phenoxy) is 1. The Labute approximate surface area is 217 Å². The highest BCUT2D eigenvalue weighted by atomic mass is 35.5. The predicted molar refractivity (Wildman–Crippen MR) is 136 cm³/mol. The van der Waals surface area contributed by atoms with E-state index in [0.29, 0.717) is 28.2 Å². The van der Waals surface area contributed by atoms with Crippen LogP contribution in [0.1, 0.15) is 43.0 Å². The molecule has 1 aromatic carbocycles. The van der Waals surface area contributed by atoms with Gasteiger partial charge in [-0.15, -0.1) is 13.2 Å². The summed E-state index contributed by atoms with van der Waals surface area (Å²) in [7, 11) is 4.13. The fraction of sp³-hybridized carbons (Fsp3) is 0.423. The van der Waals surface area contributed by atoms with E-state index in [-0.39, 0.29) is 28.1 Å². The number of Topliss-reactive ketones (excluding diaryl/α,β-unsaturated/α-hetero) is 1. The van der Waals surface area contributed by atoms with Gasteiger partial charge in [0.25, 0.3) is 0 Å². The molecule has 0 bridgehead atoms. The Kier molecular flexibility index (Phi) is 7.80. The number of phenolic OH excluding ortho intramolecular Hbond substituents is 1. The molecule has 2 heterocycles. The molecule has 11 heteroatoms. The molecule has 0 aliphatic heterocycles. The van der Waals surface area contributed by atoms with E-state index in [4.69, 9.17) is 11.6 Å². The van der Waals surface area contributed by atoms with Gasteiger partial charge in [-0.05, 0) is 76.9 Å². The molecule has 4 rings (SSSR count). The molecule has 0 atom stereocenters. The van der Waals surface area contributed by atoms with Gasteiger partial charge in [-0.3, -0.25) is 9.78 Å². The molecule has 0 saturated heterocycles. The van der Waals surface area contributed by atoms with Gasteiger partial charge in [0.1, 0.15) is 5.52 Å². The third-order valence-corrected chi connectivity index (χ3v) is 6.75. The van der Waals surface area contributed by atoms with Crippen LogP contribution >= 0.6 is 11.6 Å². The average Bonchev–Trinajstić information content (AvgIpc) is 2.81. The summed E-state index contributed by atoms with van der Waals surface area (Å²) in [5.74, 6) is -1.22. The highest BCUT2D eigenvalue weighted by Crippen LogP contribution is 2.41. The van der Waals surface area contributed by atoms with E-state index in [1.54, 1.807) is 12.1 Å². The normalized spacial score (nSPS) is 18.3. The highest BCUT2D eigenvalue weighted by Gasteiger charge is 2.33. The lowest BCUT2D eigenvalue weighted by molar-refractivity contribution is -0.275. The first kappa shape index (κ1) is 26.9. The quantitative estimate of drug-likeness (QED) is 0.343. The first-order chi connectivity index (χ1) is 17.4. The van der Waals surface area contributed by atoms with Crippen LogP contribution in [-0.2, 0) is 0 Å². The third kappa shape index (κ3) is 6.42. The molecule has 0 unspecified atom stereocenters. The minimum atomic E-state index is -5.01. The summed E-state index contributed by atoms with van der Waals surface area (Å²) in [5.41, 5.74) is 2.36. The van der Waals surface area contributed by atoms with Gasteiger partial charge in [0.15, 0.2) is 17.3 Å². The molecule has 0 amide bonds. The van der Waals surface area contributed by atoms with Crippen molar-refractivity contribution >= 4 is 34.1 Å². The summed E-state index contributed by atoms with van der Waals surface area (Å²) in [5, 5.41) is 13.2. The van der Waals surface area contributed by atoms with Crippen LogP contribution in [-0.4, -0.2) is 58.8 Å². The van der Waals surface area contributed by atoms with Crippen LogP contribution in [0.4, 0.5) is 18.9 Å². The van der Waals surface area contributed by atoms with Gasteiger partial charge in [0.05, 0.1) is 27.5 Å². The zero-order valence-corrected chi connectivity index (χ0v) is 21.5. The van der Waals surface area contributed by atoms with Crippen molar-refractivity contribution in [2.24, 2.45) is 5.92 Å². The molecule has 1 aliphatic rings. The number of carbonyl (C=O) groups excluding carboxylic acids is 1. The van der Waals surface area contributed by atoms with Crippen LogP contribution in [0, 0.1) is 5.92 Å². The number of halogens is 4. The summed E-state index contributed by atoms with van der Waals surface area (Å²) >= 11 is 5.99. The molecule has 3 aromatic rings. The van der Waals surface area contributed by atoms with E-state index in [1.165, 1.54) is 19.2 Å². The van der Waals surface area contributed by atoms with Crippen molar-refractivity contribution in [3.8, 4) is 22.8 Å². The topological polar surface area (TPSA) is 87.6 Å². The second-order valence-electron chi connectivity index (χ2n) is 9.64. The van der Waals surface area contributed by atoms with Gasteiger partial charge in [-0.25, -0.2) is 4.98 Å². The van der Waals surface area contributed by atoms with Crippen molar-refractivity contribution in [1.29, 1.82) is 0 Å². The molecular formula is C26H28ClF3N4O3. The zero-order chi connectivity index (χ0) is 26.9. The number of aromatic hydroxyl groups is 1. The second kappa shape index (κ2) is 10.7. The van der Waals surface area contributed by atoms with Crippen molar-refractivity contribution in [2.75, 3.05) is 26.0 Å². The Morgan fingerprint density at radius 2 is 1.92 bits per heavy atom. The number of hydrogen-bond acceptors (Lipinski definition) is 7. The van der Waals surface area contributed by atoms with E-state index in [0.717, 1.165) is 38.3 Å². The number of ketones is 1. The van der Waals surface area contributed by atoms with Crippen molar-refractivity contribution in [3.05, 3.63) is 41.0 Å². The van der Waals surface area contributed by atoms with Gasteiger partial charge < -0.3 is 20.1 Å². The Morgan fingerprint density at radius 1 is 1.22 bits per heavy atom. The molecule has 0 spiro atoms. The molecule has 0 radical (unpaired) electrons. The number of aromatic nitrogens is 2. The monoisotopic (exact) mass is 536 g/mol. The zero-order valence-electron chi connectivity index (χ0n) is 20.7. The molecule has 1 aliphatic carbocycles. The number of carbonyl (C=O) groups is 1. The second-order valence-corrected chi connectivity index (χ2v) is 10.1. The maximum atomic E-state index is 12.8. The number of hydrogen-bond donors (Lipinski definition) is 2. The molecule has 2 N–H and O–H groups in total. The summed E-state index contributed by atoms with van der Waals surface area (Å²) in [6.07, 6.45) is 0.482. The predicted octanol–water partition coefficient (Wildman–Crippen LogP) is 6.29. The summed E-state index contributed by atoms with van der Waals surface area (Å²) in [4.78, 5) is 23.7. The van der Waals surface area contributed by atoms with Crippen molar-refractivity contribution in [3.63, 3.8) is 0 Å². The molecule has 7 nitrogen and oxygen atoms in total. The van der Waals surface area contributed by atoms with Crippen LogP contribution in [0.3, 0.4) is 0 Å². The smallest absolute Gasteiger partial charge is 0.503 e. The van der Waals surface area contributed by atoms with Gasteiger partial charge >= 0.3 is 6.36 Å². The standard InChI is InChI=1S/C26H28ClF3N4O3/c1-14(35)18-12-31-21-9-8-20(16-10-19(27)25(36)22(11-16)37-26(28,29)30)33-24(21)23(18)32-17-6-4-15(5-7-17)13-34(2)3/h8-12,15,17,36H,4-7,13H2,1-3H3,(H,31,32)/t15-,17-. The lowest BCUT2D eigenvalue weighted by Gasteiger charge is -2.31. The van der Waals surface area contributed by atoms with E-state index in [1.807, 2.05) is 0 Å². The largest absolute Gasteiger partial charge is 0.573 e. The van der Waals surface area contributed by atoms with Crippen LogP contribution < -0.4 is 10.1 Å². The number of anilines is 1. The minimum absolute atomic E-state index is 0.141. The Balaban J connectivity index is 1.72. The van der Waals surface area contributed by atoms with Crippen molar-refractivity contribution < 1.29 is 27.8 Å². The van der Waals surface area contributed by atoms with E-state index >= 15 is 0 Å². The van der Waals surface area contributed by atoms with E-state index < -0.39 is 17.9 Å². The van der Waals surface area contributed by atoms with Crippen LogP contribution in [0.25, 0.3) is 22.3 Å². The lowest BCUT2D eigenvalue weighted by atomic mass is 9.85. The Morgan fingerprint density at radius 3 is 2.54 bits per heavy atom. The Hall–Kier alpha value is -3.11. The number of rotatable bonds is 7. The first-order valence-electron chi connectivity index (χ1n) is 11.9. The molecule has 1 saturated carbocycles. The maximum Gasteiger partial charge on any atom is 0.573 e. The number of pyridine rings is 2. The Bertz CT molecular complexity index is 1310.